The highest BCUT2D eigenvalue weighted by Gasteiger charge is 2.21. The van der Waals surface area contributed by atoms with Gasteiger partial charge in [-0.1, -0.05) is 42.2 Å². The van der Waals surface area contributed by atoms with Crippen molar-refractivity contribution in [2.75, 3.05) is 44.9 Å². The molecule has 4 rings (SSSR count). The molecule has 3 atom stereocenters. The summed E-state index contributed by atoms with van der Waals surface area (Å²) < 4.78 is 13.7. The second-order valence-corrected chi connectivity index (χ2v) is 10.9. The van der Waals surface area contributed by atoms with Crippen LogP contribution in [-0.4, -0.2) is 84.1 Å². The van der Waals surface area contributed by atoms with Gasteiger partial charge in [-0.15, -0.1) is 0 Å². The predicted molar refractivity (Wildman–Crippen MR) is 177 cm³/mol. The Bertz CT molecular complexity index is 1580. The fourth-order valence-corrected chi connectivity index (χ4v) is 4.42. The van der Waals surface area contributed by atoms with Crippen molar-refractivity contribution in [3.8, 4) is 11.8 Å². The van der Waals surface area contributed by atoms with E-state index in [1.54, 1.807) is 44.6 Å². The number of aromatic nitrogens is 2. The summed E-state index contributed by atoms with van der Waals surface area (Å²) in [6.07, 6.45) is 17.9. The predicted octanol–water partition coefficient (Wildman–Crippen LogP) is 4.06. The number of carbonyl (C=O) groups excluding carboxylic acids is 2. The van der Waals surface area contributed by atoms with Crippen LogP contribution in [0.3, 0.4) is 0 Å². The summed E-state index contributed by atoms with van der Waals surface area (Å²) in [4.78, 5) is 41.8. The molecular formula is C34H39FN8O2. The Kier molecular flexibility index (Phi) is 11.8. The Hall–Kier alpha value is -5.08. The second kappa shape index (κ2) is 16.1. The second-order valence-electron chi connectivity index (χ2n) is 10.9. The molecule has 0 bridgehead atoms. The fraction of sp³-hybridized carbons (Fsp3) is 0.324. The van der Waals surface area contributed by atoms with Crippen molar-refractivity contribution in [2.45, 2.75) is 31.8 Å². The minimum atomic E-state index is -0.604. The topological polar surface area (TPSA) is 115 Å². The van der Waals surface area contributed by atoms with Crippen molar-refractivity contribution in [3.05, 3.63) is 90.1 Å². The van der Waals surface area contributed by atoms with E-state index < -0.39 is 6.04 Å². The van der Waals surface area contributed by atoms with E-state index in [4.69, 9.17) is 0 Å². The molecule has 2 amide bonds. The molecule has 0 spiro atoms. The van der Waals surface area contributed by atoms with Gasteiger partial charge in [0.05, 0.1) is 17.8 Å². The van der Waals surface area contributed by atoms with Crippen LogP contribution in [0.2, 0.25) is 0 Å². The van der Waals surface area contributed by atoms with Gasteiger partial charge in [0.2, 0.25) is 17.8 Å². The Morgan fingerprint density at radius 2 is 2.02 bits per heavy atom. The lowest BCUT2D eigenvalue weighted by Crippen LogP contribution is -2.45. The van der Waals surface area contributed by atoms with Crippen LogP contribution in [-0.2, 0) is 9.59 Å². The Labute approximate surface area is 263 Å². The quantitative estimate of drug-likeness (QED) is 0.189. The van der Waals surface area contributed by atoms with Gasteiger partial charge in [0.15, 0.2) is 5.82 Å². The summed E-state index contributed by atoms with van der Waals surface area (Å²) in [6, 6.07) is 5.54. The van der Waals surface area contributed by atoms with Crippen LogP contribution in [0.5, 0.6) is 0 Å². The Morgan fingerprint density at radius 3 is 2.82 bits per heavy atom. The number of unbranched alkanes of at least 4 members (excludes halogenated alkanes) is 1. The molecule has 1 aromatic heterocycles. The van der Waals surface area contributed by atoms with Crippen molar-refractivity contribution in [1.29, 1.82) is 0 Å². The minimum Gasteiger partial charge on any atom is -0.354 e. The number of benzene rings is 1. The summed E-state index contributed by atoms with van der Waals surface area (Å²) in [5, 5.41) is 9.28. The number of amides is 2. The van der Waals surface area contributed by atoms with E-state index in [1.165, 1.54) is 23.1 Å². The van der Waals surface area contributed by atoms with Gasteiger partial charge in [0, 0.05) is 56.2 Å². The van der Waals surface area contributed by atoms with Gasteiger partial charge in [-0.05, 0) is 57.8 Å². The van der Waals surface area contributed by atoms with Crippen LogP contribution in [0, 0.1) is 23.6 Å². The maximum absolute atomic E-state index is 13.7. The third-order valence-electron chi connectivity index (χ3n) is 7.09. The largest absolute Gasteiger partial charge is 0.354 e. The zero-order chi connectivity index (χ0) is 32.2. The molecular weight excluding hydrogens is 571 g/mol. The first-order valence-corrected chi connectivity index (χ1v) is 14.8. The molecule has 234 valence electrons. The van der Waals surface area contributed by atoms with Crippen molar-refractivity contribution in [2.24, 2.45) is 10.9 Å². The number of fused-ring (bicyclic) bond motifs is 1. The molecule has 10 nitrogen and oxygen atoms in total. The average molecular weight is 611 g/mol. The fourth-order valence-electron chi connectivity index (χ4n) is 4.42. The van der Waals surface area contributed by atoms with Crippen LogP contribution in [0.1, 0.15) is 25.3 Å². The van der Waals surface area contributed by atoms with Gasteiger partial charge in [-0.3, -0.25) is 14.6 Å². The van der Waals surface area contributed by atoms with Gasteiger partial charge in [0.25, 0.3) is 0 Å². The maximum Gasteiger partial charge on any atom is 0.246 e. The van der Waals surface area contributed by atoms with Gasteiger partial charge in [0.1, 0.15) is 11.9 Å². The molecule has 1 aromatic carbocycles. The number of hydrogen-bond donors (Lipinski definition) is 3. The van der Waals surface area contributed by atoms with E-state index in [1.807, 2.05) is 37.2 Å². The standard InChI is InChI=1S/C34H39FN8O2/c1-24(43(4)31(44)15-10-20-42(2)3)33(45)37-18-7-5-6-11-26-23-38-34(40-28-14-8-13-27(35)22-28)41-32(26)39-29-16-17-30-25(21-29)12-9-19-36-30/h8-10,12-17,19,21-25,30H,5,7,18,20H2,1-4H3,(H,37,45)(H2,38,39,40,41)/b15-10+/t24-,25?,30?/m0/s1. The normalized spacial score (nSPS) is 17.2. The number of rotatable bonds is 12. The highest BCUT2D eigenvalue weighted by Crippen LogP contribution is 2.25. The van der Waals surface area contributed by atoms with E-state index in [0.29, 0.717) is 48.9 Å². The number of hydrogen-bond acceptors (Lipinski definition) is 8. The summed E-state index contributed by atoms with van der Waals surface area (Å²) in [7, 11) is 5.44. The summed E-state index contributed by atoms with van der Waals surface area (Å²) in [5.74, 6) is 6.40. The van der Waals surface area contributed by atoms with Crippen LogP contribution in [0.4, 0.5) is 21.8 Å². The average Bonchev–Trinajstić information content (AvgIpc) is 3.02. The first-order valence-electron chi connectivity index (χ1n) is 14.8. The number of allylic oxidation sites excluding steroid dienone is 2. The van der Waals surface area contributed by atoms with Gasteiger partial charge in [-0.2, -0.15) is 4.98 Å². The number of anilines is 3. The minimum absolute atomic E-state index is 0.0738. The first-order chi connectivity index (χ1) is 21.7. The SMILES string of the molecule is C[C@@H](C(=O)NCCCC#Cc1cnc(Nc2cccc(F)c2)nc1NC1=CC2C=CC=NC2C=C1)N(C)C(=O)/C=C/CN(C)C. The van der Waals surface area contributed by atoms with Crippen molar-refractivity contribution < 1.29 is 14.0 Å². The van der Waals surface area contributed by atoms with Crippen LogP contribution in [0.15, 0.2) is 83.7 Å². The first kappa shape index (κ1) is 32.8. The highest BCUT2D eigenvalue weighted by molar-refractivity contribution is 5.92. The number of nitrogens with zero attached hydrogens (tertiary/aromatic N) is 5. The molecule has 2 aromatic rings. The summed E-state index contributed by atoms with van der Waals surface area (Å²) in [5.41, 5.74) is 1.97. The smallest absolute Gasteiger partial charge is 0.246 e. The van der Waals surface area contributed by atoms with E-state index >= 15 is 0 Å². The number of halogens is 1. The van der Waals surface area contributed by atoms with E-state index in [9.17, 15) is 14.0 Å². The highest BCUT2D eigenvalue weighted by atomic mass is 19.1. The van der Waals surface area contributed by atoms with E-state index in [0.717, 1.165) is 5.70 Å². The molecule has 1 aliphatic heterocycles. The van der Waals surface area contributed by atoms with E-state index in [-0.39, 0.29) is 29.6 Å². The van der Waals surface area contributed by atoms with Crippen LogP contribution in [0.25, 0.3) is 0 Å². The van der Waals surface area contributed by atoms with Gasteiger partial charge >= 0.3 is 0 Å². The lowest BCUT2D eigenvalue weighted by Gasteiger charge is -2.23. The summed E-state index contributed by atoms with van der Waals surface area (Å²) in [6.45, 7) is 2.76. The molecule has 0 saturated carbocycles. The van der Waals surface area contributed by atoms with Crippen LogP contribution < -0.4 is 16.0 Å². The zero-order valence-corrected chi connectivity index (χ0v) is 26.0. The van der Waals surface area contributed by atoms with Crippen molar-refractivity contribution in [3.63, 3.8) is 0 Å². The molecule has 1 aliphatic carbocycles. The summed E-state index contributed by atoms with van der Waals surface area (Å²) >= 11 is 0. The third-order valence-corrected chi connectivity index (χ3v) is 7.09. The molecule has 3 N–H and O–H groups in total. The van der Waals surface area contributed by atoms with Gasteiger partial charge < -0.3 is 25.8 Å². The maximum atomic E-state index is 13.7. The molecule has 2 unspecified atom stereocenters. The molecule has 11 heteroatoms. The molecule has 45 heavy (non-hydrogen) atoms. The van der Waals surface area contributed by atoms with Crippen molar-refractivity contribution in [1.82, 2.24) is 25.1 Å². The zero-order valence-electron chi connectivity index (χ0n) is 26.0. The monoisotopic (exact) mass is 610 g/mol. The number of carbonyl (C=O) groups is 2. The number of dihydropyridines is 1. The number of aliphatic imine (C=N–C) groups is 1. The Balaban J connectivity index is 1.36. The molecule has 0 fully saturated rings. The molecule has 2 aliphatic rings. The lowest BCUT2D eigenvalue weighted by atomic mass is 9.92. The number of likely N-dealkylation sites (N-methyl/N-ethyl adjacent to an activating group) is 2. The van der Waals surface area contributed by atoms with Crippen LogP contribution >= 0.6 is 0 Å². The van der Waals surface area contributed by atoms with Gasteiger partial charge in [-0.25, -0.2) is 9.37 Å². The molecule has 0 radical (unpaired) electrons. The third kappa shape index (κ3) is 9.98. The van der Waals surface area contributed by atoms with E-state index in [2.05, 4.69) is 54.9 Å². The molecule has 2 heterocycles. The number of nitrogens with one attached hydrogen (secondary N) is 3. The van der Waals surface area contributed by atoms with Crippen molar-refractivity contribution >= 4 is 35.5 Å². The lowest BCUT2D eigenvalue weighted by molar-refractivity contribution is -0.135. The molecule has 0 saturated heterocycles. The Morgan fingerprint density at radius 1 is 1.18 bits per heavy atom.